The number of benzene rings is 1. The maximum Gasteiger partial charge on any atom is 0.238 e. The number of carbonyl (C=O) groups excluding carboxylic acids is 1. The van der Waals surface area contributed by atoms with E-state index in [0.717, 1.165) is 12.1 Å². The van der Waals surface area contributed by atoms with Crippen LogP contribution in [0, 0.1) is 0 Å². The zero-order valence-electron chi connectivity index (χ0n) is 11.0. The number of unbranched alkanes of at least 4 members (excludes halogenated alkanes) is 1. The molecule has 100 valence electrons. The largest absolute Gasteiger partial charge is 0.325 e. The molecule has 0 aromatic heterocycles. The van der Waals surface area contributed by atoms with Gasteiger partial charge in [-0.3, -0.25) is 4.79 Å². The van der Waals surface area contributed by atoms with Crippen molar-refractivity contribution in [1.29, 1.82) is 0 Å². The molecule has 0 radical (unpaired) electrons. The Bertz CT molecular complexity index is 365. The smallest absolute Gasteiger partial charge is 0.238 e. The fourth-order valence-electron chi connectivity index (χ4n) is 1.62. The molecule has 0 bridgehead atoms. The Balaban J connectivity index is 2.27. The lowest BCUT2D eigenvalue weighted by molar-refractivity contribution is -0.115. The molecule has 0 aliphatic rings. The molecular formula is C14H21ClN2O. The zero-order chi connectivity index (χ0) is 13.4. The predicted molar refractivity (Wildman–Crippen MR) is 77.1 cm³/mol. The van der Waals surface area contributed by atoms with E-state index in [1.807, 2.05) is 0 Å². The summed E-state index contributed by atoms with van der Waals surface area (Å²) in [5, 5.41) is 6.70. The maximum absolute atomic E-state index is 11.7. The molecule has 1 aromatic rings. The summed E-state index contributed by atoms with van der Waals surface area (Å²) in [4.78, 5) is 11.7. The summed E-state index contributed by atoms with van der Waals surface area (Å²) >= 11 is 5.77. The minimum absolute atomic E-state index is 0.0272. The summed E-state index contributed by atoms with van der Waals surface area (Å²) < 4.78 is 0. The quantitative estimate of drug-likeness (QED) is 0.795. The number of hydrogen-bond acceptors (Lipinski definition) is 2. The van der Waals surface area contributed by atoms with Crippen molar-refractivity contribution in [2.45, 2.75) is 39.2 Å². The fraction of sp³-hybridized carbons (Fsp3) is 0.500. The Morgan fingerprint density at radius 1 is 1.33 bits per heavy atom. The van der Waals surface area contributed by atoms with Crippen LogP contribution in [0.15, 0.2) is 24.3 Å². The summed E-state index contributed by atoms with van der Waals surface area (Å²) in [6, 6.07) is 7.48. The van der Waals surface area contributed by atoms with Gasteiger partial charge in [0.05, 0.1) is 6.54 Å². The van der Waals surface area contributed by atoms with Gasteiger partial charge in [0.25, 0.3) is 0 Å². The van der Waals surface area contributed by atoms with Crippen molar-refractivity contribution in [3.05, 3.63) is 29.3 Å². The Morgan fingerprint density at radius 2 is 2.00 bits per heavy atom. The first-order valence-corrected chi connectivity index (χ1v) is 6.78. The third-order valence-electron chi connectivity index (χ3n) is 2.73. The predicted octanol–water partition coefficient (Wildman–Crippen LogP) is 3.45. The van der Waals surface area contributed by atoms with Gasteiger partial charge in [-0.1, -0.05) is 31.4 Å². The van der Waals surface area contributed by atoms with Gasteiger partial charge in [0.1, 0.15) is 0 Å². The van der Waals surface area contributed by atoms with E-state index < -0.39 is 0 Å². The number of rotatable bonds is 7. The molecule has 2 N–H and O–H groups in total. The molecule has 1 amide bonds. The second kappa shape index (κ2) is 8.11. The third kappa shape index (κ3) is 6.03. The summed E-state index contributed by atoms with van der Waals surface area (Å²) in [6.07, 6.45) is 3.47. The van der Waals surface area contributed by atoms with E-state index in [9.17, 15) is 4.79 Å². The van der Waals surface area contributed by atoms with Crippen LogP contribution in [0.4, 0.5) is 5.69 Å². The molecular weight excluding hydrogens is 248 g/mol. The van der Waals surface area contributed by atoms with Crippen molar-refractivity contribution >= 4 is 23.2 Å². The van der Waals surface area contributed by atoms with Crippen LogP contribution in [0.5, 0.6) is 0 Å². The molecule has 1 unspecified atom stereocenters. The van der Waals surface area contributed by atoms with Gasteiger partial charge in [-0.15, -0.1) is 0 Å². The van der Waals surface area contributed by atoms with Gasteiger partial charge in [0.2, 0.25) is 5.91 Å². The molecule has 0 saturated carbocycles. The second-order valence-electron chi connectivity index (χ2n) is 4.48. The Morgan fingerprint density at radius 3 is 2.61 bits per heavy atom. The van der Waals surface area contributed by atoms with Crippen molar-refractivity contribution in [3.8, 4) is 0 Å². The van der Waals surface area contributed by atoms with Gasteiger partial charge in [-0.2, -0.15) is 0 Å². The topological polar surface area (TPSA) is 41.1 Å². The van der Waals surface area contributed by atoms with Gasteiger partial charge >= 0.3 is 0 Å². The van der Waals surface area contributed by atoms with Crippen molar-refractivity contribution in [3.63, 3.8) is 0 Å². The number of amides is 1. The maximum atomic E-state index is 11.7. The van der Waals surface area contributed by atoms with Gasteiger partial charge in [-0.05, 0) is 37.6 Å². The van der Waals surface area contributed by atoms with Crippen molar-refractivity contribution in [2.24, 2.45) is 0 Å². The van der Waals surface area contributed by atoms with Crippen LogP contribution in [0.25, 0.3) is 0 Å². The first-order valence-electron chi connectivity index (χ1n) is 6.40. The molecule has 18 heavy (non-hydrogen) atoms. The molecule has 0 heterocycles. The van der Waals surface area contributed by atoms with Gasteiger partial charge in [0, 0.05) is 16.8 Å². The average Bonchev–Trinajstić information content (AvgIpc) is 2.36. The van der Waals surface area contributed by atoms with Gasteiger partial charge < -0.3 is 10.6 Å². The highest BCUT2D eigenvalue weighted by Crippen LogP contribution is 2.13. The summed E-state index contributed by atoms with van der Waals surface area (Å²) in [6.45, 7) is 4.61. The first-order chi connectivity index (χ1) is 8.61. The van der Waals surface area contributed by atoms with E-state index in [0.29, 0.717) is 17.6 Å². The third-order valence-corrected chi connectivity index (χ3v) is 2.98. The fourth-order valence-corrected chi connectivity index (χ4v) is 1.74. The van der Waals surface area contributed by atoms with Crippen LogP contribution in [0.1, 0.15) is 33.1 Å². The molecule has 4 heteroatoms. The molecule has 1 aromatic carbocycles. The van der Waals surface area contributed by atoms with E-state index in [1.54, 1.807) is 24.3 Å². The Hall–Kier alpha value is -1.06. The summed E-state index contributed by atoms with van der Waals surface area (Å²) in [5.41, 5.74) is 0.771. The van der Waals surface area contributed by atoms with Crippen LogP contribution in [0.2, 0.25) is 5.02 Å². The van der Waals surface area contributed by atoms with Gasteiger partial charge in [0.15, 0.2) is 0 Å². The van der Waals surface area contributed by atoms with E-state index in [1.165, 1.54) is 12.8 Å². The van der Waals surface area contributed by atoms with Crippen LogP contribution in [0.3, 0.4) is 0 Å². The van der Waals surface area contributed by atoms with E-state index in [4.69, 9.17) is 11.6 Å². The van der Waals surface area contributed by atoms with Crippen molar-refractivity contribution in [2.75, 3.05) is 11.9 Å². The van der Waals surface area contributed by atoms with E-state index in [2.05, 4.69) is 24.5 Å². The van der Waals surface area contributed by atoms with Crippen molar-refractivity contribution < 1.29 is 4.79 Å². The molecule has 0 spiro atoms. The molecule has 1 atom stereocenters. The highest BCUT2D eigenvalue weighted by atomic mass is 35.5. The molecule has 0 saturated heterocycles. The summed E-state index contributed by atoms with van der Waals surface area (Å²) in [5.74, 6) is -0.0272. The average molecular weight is 269 g/mol. The second-order valence-corrected chi connectivity index (χ2v) is 4.92. The van der Waals surface area contributed by atoms with E-state index >= 15 is 0 Å². The zero-order valence-corrected chi connectivity index (χ0v) is 11.8. The standard InChI is InChI=1S/C14H21ClN2O/c1-3-4-5-11(2)16-10-14(18)17-13-8-6-12(15)7-9-13/h6-9,11,16H,3-5,10H2,1-2H3,(H,17,18). The highest BCUT2D eigenvalue weighted by Gasteiger charge is 2.05. The van der Waals surface area contributed by atoms with Crippen LogP contribution in [-0.2, 0) is 4.79 Å². The van der Waals surface area contributed by atoms with Crippen molar-refractivity contribution in [1.82, 2.24) is 5.32 Å². The van der Waals surface area contributed by atoms with E-state index in [-0.39, 0.29) is 5.91 Å². The number of nitrogens with one attached hydrogen (secondary N) is 2. The van der Waals surface area contributed by atoms with Gasteiger partial charge in [-0.25, -0.2) is 0 Å². The highest BCUT2D eigenvalue weighted by molar-refractivity contribution is 6.30. The first kappa shape index (κ1) is 15.0. The lowest BCUT2D eigenvalue weighted by atomic mass is 10.1. The number of halogens is 1. The minimum atomic E-state index is -0.0272. The summed E-state index contributed by atoms with van der Waals surface area (Å²) in [7, 11) is 0. The molecule has 1 rings (SSSR count). The lowest BCUT2D eigenvalue weighted by Crippen LogP contribution is -2.34. The molecule has 3 nitrogen and oxygen atoms in total. The molecule has 0 fully saturated rings. The number of carbonyl (C=O) groups is 1. The molecule has 0 aliphatic carbocycles. The van der Waals surface area contributed by atoms with Crippen LogP contribution < -0.4 is 10.6 Å². The van der Waals surface area contributed by atoms with Crippen LogP contribution in [-0.4, -0.2) is 18.5 Å². The van der Waals surface area contributed by atoms with Crippen LogP contribution >= 0.6 is 11.6 Å². The Labute approximate surface area is 114 Å². The SMILES string of the molecule is CCCCC(C)NCC(=O)Nc1ccc(Cl)cc1. The normalized spacial score (nSPS) is 12.2. The number of anilines is 1. The number of hydrogen-bond donors (Lipinski definition) is 2. The monoisotopic (exact) mass is 268 g/mol. The minimum Gasteiger partial charge on any atom is -0.325 e. The molecule has 0 aliphatic heterocycles. The Kier molecular flexibility index (Phi) is 6.76. The lowest BCUT2D eigenvalue weighted by Gasteiger charge is -2.13.